The predicted molar refractivity (Wildman–Crippen MR) is 201 cm³/mol. The highest BCUT2D eigenvalue weighted by Crippen LogP contribution is 2.47. The SMILES string of the molecule is COc1ccc2c(O[C@@H]3C[C@H]4C(=O)NC5(C(=O)NS(=O)(=O)C6CC6)C[C@H]5C=CCCCCN(C)C(=O)[C@@H]4C3)cc(-c3cccc(C(C)C)n3)nc2c1C. The molecule has 3 aliphatic carbocycles. The lowest BCUT2D eigenvalue weighted by atomic mass is 9.93. The van der Waals surface area contributed by atoms with Gasteiger partial charge in [0, 0.05) is 42.2 Å². The topological polar surface area (TPSA) is 157 Å². The molecule has 3 aromatic rings. The van der Waals surface area contributed by atoms with Crippen molar-refractivity contribution in [2.75, 3.05) is 20.7 Å². The third-order valence-corrected chi connectivity index (χ3v) is 13.1. The Hall–Kier alpha value is -4.52. The highest BCUT2D eigenvalue weighted by molar-refractivity contribution is 7.91. The first-order valence-electron chi connectivity index (χ1n) is 18.7. The maximum atomic E-state index is 14.3. The molecule has 0 saturated heterocycles. The van der Waals surface area contributed by atoms with Gasteiger partial charge in [-0.05, 0) is 88.5 Å². The molecule has 53 heavy (non-hydrogen) atoms. The Morgan fingerprint density at radius 2 is 1.81 bits per heavy atom. The van der Waals surface area contributed by atoms with Crippen molar-refractivity contribution in [1.82, 2.24) is 24.9 Å². The van der Waals surface area contributed by atoms with Gasteiger partial charge < -0.3 is 19.7 Å². The van der Waals surface area contributed by atoms with Crippen LogP contribution in [0.15, 0.2) is 48.6 Å². The minimum atomic E-state index is -3.83. The molecule has 4 aliphatic rings. The van der Waals surface area contributed by atoms with Crippen molar-refractivity contribution in [3.63, 3.8) is 0 Å². The standard InChI is InChI=1S/C40H49N5O7S/c1-23(2)31-12-10-13-32(41-31)33-21-35(28-16-17-34(51-5)24(3)36(28)42-33)52-26-19-29-30(20-26)38(47)45(4)18-9-7-6-8-11-25-22-40(25,43-37(29)46)39(48)44-53(49,50)27-14-15-27/h8,10-13,16-17,21,23,25-27,29-30H,6-7,9,14-15,18-20,22H2,1-5H3,(H,43,46)(H,44,48)/t25-,26-,29-,30-,40?/m1/s1. The van der Waals surface area contributed by atoms with Gasteiger partial charge in [-0.1, -0.05) is 32.1 Å². The van der Waals surface area contributed by atoms with Crippen molar-refractivity contribution >= 4 is 38.6 Å². The molecule has 3 saturated carbocycles. The van der Waals surface area contributed by atoms with Crippen LogP contribution in [0.25, 0.3) is 22.3 Å². The number of aryl methyl sites for hydroxylation is 1. The Morgan fingerprint density at radius 1 is 1.04 bits per heavy atom. The number of allylic oxidation sites excluding steroid dienone is 1. The van der Waals surface area contributed by atoms with Crippen LogP contribution < -0.4 is 19.5 Å². The van der Waals surface area contributed by atoms with E-state index in [4.69, 9.17) is 19.4 Å². The quantitative estimate of drug-likeness (QED) is 0.297. The summed E-state index contributed by atoms with van der Waals surface area (Å²) < 4.78 is 40.3. The highest BCUT2D eigenvalue weighted by atomic mass is 32.2. The Kier molecular flexibility index (Phi) is 9.99. The number of amides is 3. The number of nitrogens with zero attached hydrogens (tertiary/aromatic N) is 3. The Morgan fingerprint density at radius 3 is 2.55 bits per heavy atom. The molecule has 5 atom stereocenters. The van der Waals surface area contributed by atoms with Gasteiger partial charge in [-0.15, -0.1) is 0 Å². The van der Waals surface area contributed by atoms with Gasteiger partial charge in [0.15, 0.2) is 0 Å². The summed E-state index contributed by atoms with van der Waals surface area (Å²) in [5, 5.41) is 3.14. The van der Waals surface area contributed by atoms with Crippen molar-refractivity contribution in [2.45, 2.75) is 94.9 Å². The first kappa shape index (κ1) is 36.8. The normalized spacial score (nSPS) is 26.4. The molecule has 3 fully saturated rings. The van der Waals surface area contributed by atoms with Crippen LogP contribution in [0.5, 0.6) is 11.5 Å². The predicted octanol–water partition coefficient (Wildman–Crippen LogP) is 5.19. The number of ether oxygens (including phenoxy) is 2. The zero-order valence-electron chi connectivity index (χ0n) is 31.1. The molecular formula is C40H49N5O7S. The number of benzene rings is 1. The molecule has 3 heterocycles. The number of pyridine rings is 2. The zero-order chi connectivity index (χ0) is 37.7. The minimum Gasteiger partial charge on any atom is -0.496 e. The number of hydrogen-bond acceptors (Lipinski definition) is 9. The molecule has 7 rings (SSSR count). The molecule has 12 nitrogen and oxygen atoms in total. The molecule has 1 aliphatic heterocycles. The zero-order valence-corrected chi connectivity index (χ0v) is 31.9. The molecule has 1 aromatic carbocycles. The maximum Gasteiger partial charge on any atom is 0.259 e. The third kappa shape index (κ3) is 7.36. The van der Waals surface area contributed by atoms with E-state index in [0.717, 1.165) is 35.9 Å². The second-order valence-electron chi connectivity index (χ2n) is 15.5. The third-order valence-electron chi connectivity index (χ3n) is 11.3. The van der Waals surface area contributed by atoms with Crippen LogP contribution in [0.3, 0.4) is 0 Å². The fourth-order valence-corrected chi connectivity index (χ4v) is 9.18. The van der Waals surface area contributed by atoms with Crippen molar-refractivity contribution in [3.05, 3.63) is 59.8 Å². The Bertz CT molecular complexity index is 2080. The van der Waals surface area contributed by atoms with Crippen LogP contribution in [-0.4, -0.2) is 78.6 Å². The number of fused-ring (bicyclic) bond motifs is 3. The number of carbonyl (C=O) groups is 3. The number of methoxy groups -OCH3 is 1. The van der Waals surface area contributed by atoms with Gasteiger partial charge in [-0.25, -0.2) is 13.4 Å². The molecular weight excluding hydrogens is 695 g/mol. The smallest absolute Gasteiger partial charge is 0.259 e. The Labute approximate surface area is 311 Å². The molecule has 0 bridgehead atoms. The van der Waals surface area contributed by atoms with E-state index in [9.17, 15) is 22.8 Å². The maximum absolute atomic E-state index is 14.3. The lowest BCUT2D eigenvalue weighted by Crippen LogP contribution is -2.54. The van der Waals surface area contributed by atoms with Crippen LogP contribution in [0.4, 0.5) is 0 Å². The molecule has 2 aromatic heterocycles. The summed E-state index contributed by atoms with van der Waals surface area (Å²) >= 11 is 0. The number of carbonyl (C=O) groups excluding carboxylic acids is 3. The summed E-state index contributed by atoms with van der Waals surface area (Å²) in [7, 11) is -0.453. The molecule has 13 heteroatoms. The van der Waals surface area contributed by atoms with Gasteiger partial charge in [0.05, 0.1) is 41.1 Å². The molecule has 1 unspecified atom stereocenters. The minimum absolute atomic E-state index is 0.151. The highest BCUT2D eigenvalue weighted by Gasteiger charge is 2.62. The summed E-state index contributed by atoms with van der Waals surface area (Å²) in [5.41, 5.74) is 2.39. The lowest BCUT2D eigenvalue weighted by molar-refractivity contribution is -0.140. The number of nitrogens with one attached hydrogen (secondary N) is 2. The second-order valence-corrected chi connectivity index (χ2v) is 17.4. The van der Waals surface area contributed by atoms with E-state index in [1.54, 1.807) is 19.1 Å². The van der Waals surface area contributed by atoms with Crippen LogP contribution in [0.1, 0.15) is 82.4 Å². The molecule has 0 radical (unpaired) electrons. The van der Waals surface area contributed by atoms with E-state index < -0.39 is 50.6 Å². The summed E-state index contributed by atoms with van der Waals surface area (Å²) in [6, 6.07) is 11.5. The number of rotatable bonds is 8. The van der Waals surface area contributed by atoms with Gasteiger partial charge in [-0.3, -0.25) is 24.1 Å². The monoisotopic (exact) mass is 743 g/mol. The number of sulfonamides is 1. The fraction of sp³-hybridized carbons (Fsp3) is 0.525. The molecule has 3 amide bonds. The van der Waals surface area contributed by atoms with E-state index in [1.807, 2.05) is 55.5 Å². The largest absolute Gasteiger partial charge is 0.496 e. The fourth-order valence-electron chi connectivity index (χ4n) is 7.82. The first-order valence-corrected chi connectivity index (χ1v) is 20.3. The van der Waals surface area contributed by atoms with E-state index in [2.05, 4.69) is 23.9 Å². The lowest BCUT2D eigenvalue weighted by Gasteiger charge is -2.26. The Balaban J connectivity index is 1.22. The summed E-state index contributed by atoms with van der Waals surface area (Å²) in [6.07, 6.45) is 7.57. The number of hydrogen-bond donors (Lipinski definition) is 2. The van der Waals surface area contributed by atoms with Gasteiger partial charge in [0.1, 0.15) is 23.1 Å². The molecule has 0 spiro atoms. The van der Waals surface area contributed by atoms with Crippen molar-refractivity contribution in [1.29, 1.82) is 0 Å². The molecule has 282 valence electrons. The van der Waals surface area contributed by atoms with Crippen LogP contribution in [-0.2, 0) is 24.4 Å². The first-order chi connectivity index (χ1) is 25.3. The van der Waals surface area contributed by atoms with Crippen LogP contribution in [0.2, 0.25) is 0 Å². The van der Waals surface area contributed by atoms with Gasteiger partial charge in [-0.2, -0.15) is 0 Å². The van der Waals surface area contributed by atoms with E-state index in [1.165, 1.54) is 0 Å². The van der Waals surface area contributed by atoms with E-state index in [-0.39, 0.29) is 37.0 Å². The second kappa shape index (κ2) is 14.4. The summed E-state index contributed by atoms with van der Waals surface area (Å²) in [4.78, 5) is 53.6. The average molecular weight is 744 g/mol. The summed E-state index contributed by atoms with van der Waals surface area (Å²) in [5.74, 6) is -1.72. The van der Waals surface area contributed by atoms with Crippen LogP contribution in [0, 0.1) is 24.7 Å². The van der Waals surface area contributed by atoms with Crippen molar-refractivity contribution in [3.8, 4) is 22.9 Å². The van der Waals surface area contributed by atoms with Crippen molar-refractivity contribution < 1.29 is 32.3 Å². The number of aromatic nitrogens is 2. The van der Waals surface area contributed by atoms with Crippen molar-refractivity contribution in [2.24, 2.45) is 17.8 Å². The van der Waals surface area contributed by atoms with Gasteiger partial charge in [0.2, 0.25) is 21.8 Å². The van der Waals surface area contributed by atoms with Crippen LogP contribution >= 0.6 is 0 Å². The van der Waals surface area contributed by atoms with Gasteiger partial charge >= 0.3 is 0 Å². The van der Waals surface area contributed by atoms with E-state index >= 15 is 0 Å². The molecule has 2 N–H and O–H groups in total. The average Bonchev–Trinajstić information content (AvgIpc) is 4.06. The summed E-state index contributed by atoms with van der Waals surface area (Å²) in [6.45, 7) is 6.67. The van der Waals surface area contributed by atoms with Gasteiger partial charge in [0.25, 0.3) is 5.91 Å². The van der Waals surface area contributed by atoms with E-state index in [0.29, 0.717) is 47.8 Å².